The second-order valence-corrected chi connectivity index (χ2v) is 5.40. The third kappa shape index (κ3) is 3.24. The van der Waals surface area contributed by atoms with Gasteiger partial charge >= 0.3 is 0 Å². The average molecular weight is 304 g/mol. The smallest absolute Gasteiger partial charge is 0.233 e. The van der Waals surface area contributed by atoms with Gasteiger partial charge in [0.25, 0.3) is 0 Å². The van der Waals surface area contributed by atoms with E-state index in [-0.39, 0.29) is 5.28 Å². The highest BCUT2D eigenvalue weighted by molar-refractivity contribution is 6.28. The van der Waals surface area contributed by atoms with Crippen LogP contribution >= 0.6 is 11.6 Å². The fourth-order valence-corrected chi connectivity index (χ4v) is 2.82. The number of nitrogens with one attached hydrogen (secondary N) is 2. The Morgan fingerprint density at radius 2 is 1.90 bits per heavy atom. The van der Waals surface area contributed by atoms with Crippen molar-refractivity contribution in [2.24, 2.45) is 0 Å². The van der Waals surface area contributed by atoms with Crippen LogP contribution in [-0.2, 0) is 12.8 Å². The number of rotatable bonds is 4. The van der Waals surface area contributed by atoms with E-state index in [0.29, 0.717) is 11.9 Å². The molecule has 0 saturated carbocycles. The summed E-state index contributed by atoms with van der Waals surface area (Å²) in [6, 6.07) is 6.33. The lowest BCUT2D eigenvalue weighted by atomic mass is 9.90. The van der Waals surface area contributed by atoms with E-state index in [9.17, 15) is 0 Å². The van der Waals surface area contributed by atoms with Gasteiger partial charge < -0.3 is 10.6 Å². The molecule has 0 fully saturated rings. The third-order valence-corrected chi connectivity index (χ3v) is 3.75. The number of nitrogens with zero attached hydrogens (tertiary/aromatic N) is 3. The van der Waals surface area contributed by atoms with Gasteiger partial charge in [-0.3, -0.25) is 0 Å². The Morgan fingerprint density at radius 1 is 1.10 bits per heavy atom. The molecule has 2 aromatic rings. The Morgan fingerprint density at radius 3 is 2.76 bits per heavy atom. The van der Waals surface area contributed by atoms with Gasteiger partial charge in [0.2, 0.25) is 17.2 Å². The van der Waals surface area contributed by atoms with Crippen molar-refractivity contribution in [3.63, 3.8) is 0 Å². The van der Waals surface area contributed by atoms with Crippen molar-refractivity contribution in [2.75, 3.05) is 17.2 Å². The van der Waals surface area contributed by atoms with E-state index in [2.05, 4.69) is 43.8 Å². The number of halogens is 1. The predicted octanol–water partition coefficient (Wildman–Crippen LogP) is 3.58. The molecule has 0 saturated heterocycles. The van der Waals surface area contributed by atoms with Gasteiger partial charge in [0.15, 0.2) is 0 Å². The van der Waals surface area contributed by atoms with Crippen LogP contribution in [0, 0.1) is 0 Å². The Hall–Kier alpha value is -1.88. The maximum Gasteiger partial charge on any atom is 0.233 e. The monoisotopic (exact) mass is 303 g/mol. The molecular weight excluding hydrogens is 286 g/mol. The molecule has 110 valence electrons. The molecule has 6 heteroatoms. The number of aryl methyl sites for hydroxylation is 1. The maximum absolute atomic E-state index is 5.95. The fraction of sp³-hybridized carbons (Fsp3) is 0.400. The summed E-state index contributed by atoms with van der Waals surface area (Å²) in [7, 11) is 0. The Kier molecular flexibility index (Phi) is 4.20. The van der Waals surface area contributed by atoms with Crippen molar-refractivity contribution < 1.29 is 0 Å². The summed E-state index contributed by atoms with van der Waals surface area (Å²) < 4.78 is 0. The number of benzene rings is 1. The number of fused-ring (bicyclic) bond motifs is 1. The molecule has 1 aromatic heterocycles. The Balaban J connectivity index is 1.90. The van der Waals surface area contributed by atoms with Crippen LogP contribution in [0.3, 0.4) is 0 Å². The summed E-state index contributed by atoms with van der Waals surface area (Å²) in [5.74, 6) is 0.967. The van der Waals surface area contributed by atoms with Gasteiger partial charge in [0, 0.05) is 12.2 Å². The molecule has 21 heavy (non-hydrogen) atoms. The van der Waals surface area contributed by atoms with Crippen molar-refractivity contribution in [3.05, 3.63) is 34.6 Å². The lowest BCUT2D eigenvalue weighted by Crippen LogP contribution is -2.09. The van der Waals surface area contributed by atoms with Crippen molar-refractivity contribution in [1.82, 2.24) is 15.0 Å². The molecule has 0 unspecified atom stereocenters. The predicted molar refractivity (Wildman–Crippen MR) is 85.4 cm³/mol. The van der Waals surface area contributed by atoms with Crippen LogP contribution in [0.1, 0.15) is 30.9 Å². The molecule has 0 spiro atoms. The van der Waals surface area contributed by atoms with E-state index in [0.717, 1.165) is 25.1 Å². The van der Waals surface area contributed by atoms with Crippen molar-refractivity contribution in [3.8, 4) is 0 Å². The summed E-state index contributed by atoms with van der Waals surface area (Å²) >= 11 is 5.95. The molecule has 1 heterocycles. The second kappa shape index (κ2) is 6.26. The van der Waals surface area contributed by atoms with Crippen LogP contribution in [-0.4, -0.2) is 21.5 Å². The molecule has 0 aliphatic heterocycles. The molecular formula is C15H18ClN5. The van der Waals surface area contributed by atoms with Gasteiger partial charge in [-0.05, 0) is 61.4 Å². The van der Waals surface area contributed by atoms with E-state index >= 15 is 0 Å². The summed E-state index contributed by atoms with van der Waals surface area (Å²) in [6.07, 6.45) is 4.73. The van der Waals surface area contributed by atoms with Crippen molar-refractivity contribution in [2.45, 2.75) is 32.6 Å². The molecule has 1 aliphatic rings. The van der Waals surface area contributed by atoms with Gasteiger partial charge in [-0.15, -0.1) is 0 Å². The maximum atomic E-state index is 5.95. The normalized spacial score (nSPS) is 13.6. The molecule has 3 rings (SSSR count). The van der Waals surface area contributed by atoms with E-state index in [1.165, 1.54) is 24.0 Å². The first kappa shape index (κ1) is 14.1. The van der Waals surface area contributed by atoms with Crippen LogP contribution in [0.15, 0.2) is 18.2 Å². The highest BCUT2D eigenvalue weighted by Crippen LogP contribution is 2.29. The largest absolute Gasteiger partial charge is 0.354 e. The average Bonchev–Trinajstić information content (AvgIpc) is 2.47. The first-order chi connectivity index (χ1) is 10.3. The first-order valence-electron chi connectivity index (χ1n) is 7.29. The number of hydrogen-bond donors (Lipinski definition) is 2. The van der Waals surface area contributed by atoms with Gasteiger partial charge in [-0.1, -0.05) is 12.1 Å². The fourth-order valence-electron chi connectivity index (χ4n) is 2.66. The van der Waals surface area contributed by atoms with E-state index in [1.54, 1.807) is 0 Å². The van der Waals surface area contributed by atoms with Gasteiger partial charge in [0.1, 0.15) is 0 Å². The molecule has 2 N–H and O–H groups in total. The Labute approximate surface area is 129 Å². The summed E-state index contributed by atoms with van der Waals surface area (Å²) in [5, 5.41) is 6.52. The lowest BCUT2D eigenvalue weighted by molar-refractivity contribution is 0.687. The minimum Gasteiger partial charge on any atom is -0.354 e. The second-order valence-electron chi connectivity index (χ2n) is 5.06. The van der Waals surface area contributed by atoms with E-state index in [4.69, 9.17) is 11.6 Å². The quantitative estimate of drug-likeness (QED) is 0.904. The third-order valence-electron chi connectivity index (χ3n) is 3.59. The summed E-state index contributed by atoms with van der Waals surface area (Å²) in [6.45, 7) is 2.72. The zero-order valence-electron chi connectivity index (χ0n) is 12.0. The Bertz CT molecular complexity index is 644. The summed E-state index contributed by atoms with van der Waals surface area (Å²) in [4.78, 5) is 12.5. The van der Waals surface area contributed by atoms with Crippen LogP contribution in [0.5, 0.6) is 0 Å². The number of hydrogen-bond acceptors (Lipinski definition) is 5. The molecule has 0 radical (unpaired) electrons. The van der Waals surface area contributed by atoms with Crippen molar-refractivity contribution in [1.29, 1.82) is 0 Å². The molecule has 1 aromatic carbocycles. The molecule has 0 amide bonds. The van der Waals surface area contributed by atoms with Gasteiger partial charge in [0.05, 0.1) is 0 Å². The molecule has 5 nitrogen and oxygen atoms in total. The number of anilines is 3. The minimum atomic E-state index is 0.188. The zero-order valence-corrected chi connectivity index (χ0v) is 12.7. The van der Waals surface area contributed by atoms with Crippen LogP contribution in [0.25, 0.3) is 0 Å². The molecule has 0 atom stereocenters. The van der Waals surface area contributed by atoms with Crippen LogP contribution in [0.4, 0.5) is 17.6 Å². The van der Waals surface area contributed by atoms with Crippen LogP contribution < -0.4 is 10.6 Å². The van der Waals surface area contributed by atoms with E-state index < -0.39 is 0 Å². The topological polar surface area (TPSA) is 62.7 Å². The first-order valence-corrected chi connectivity index (χ1v) is 7.67. The van der Waals surface area contributed by atoms with Crippen LogP contribution in [0.2, 0.25) is 5.28 Å². The van der Waals surface area contributed by atoms with Gasteiger partial charge in [-0.2, -0.15) is 15.0 Å². The highest BCUT2D eigenvalue weighted by atomic mass is 35.5. The standard InChI is InChI=1S/C15H18ClN5/c1-2-17-14-19-13(16)20-15(21-14)18-12-9-5-7-10-6-3-4-8-11(10)12/h5,7,9H,2-4,6,8H2,1H3,(H2,17,18,19,20,21). The summed E-state index contributed by atoms with van der Waals surface area (Å²) in [5.41, 5.74) is 3.85. The molecule has 1 aliphatic carbocycles. The highest BCUT2D eigenvalue weighted by Gasteiger charge is 2.14. The zero-order chi connectivity index (χ0) is 14.7. The van der Waals surface area contributed by atoms with E-state index in [1.807, 2.05) is 6.92 Å². The number of aromatic nitrogens is 3. The lowest BCUT2D eigenvalue weighted by Gasteiger charge is -2.19. The SMILES string of the molecule is CCNc1nc(Cl)nc(Nc2cccc3c2CCCC3)n1. The molecule has 0 bridgehead atoms. The minimum absolute atomic E-state index is 0.188. The van der Waals surface area contributed by atoms with Gasteiger partial charge in [-0.25, -0.2) is 0 Å². The van der Waals surface area contributed by atoms with Crippen molar-refractivity contribution >= 4 is 29.2 Å².